The second kappa shape index (κ2) is 7.02. The van der Waals surface area contributed by atoms with E-state index >= 15 is 0 Å². The van der Waals surface area contributed by atoms with E-state index in [-0.39, 0.29) is 5.92 Å². The van der Waals surface area contributed by atoms with Gasteiger partial charge in [0.1, 0.15) is 5.75 Å². The summed E-state index contributed by atoms with van der Waals surface area (Å²) < 4.78 is 5.35. The second-order valence-corrected chi connectivity index (χ2v) is 4.94. The highest BCUT2D eigenvalue weighted by Gasteiger charge is 2.15. The molecule has 0 bridgehead atoms. The van der Waals surface area contributed by atoms with E-state index in [2.05, 4.69) is 19.2 Å². The van der Waals surface area contributed by atoms with Crippen LogP contribution in [-0.2, 0) is 4.79 Å². The molecule has 106 valence electrons. The summed E-state index contributed by atoms with van der Waals surface area (Å²) in [5.41, 5.74) is 2.04. The number of carboxylic acid groups (broad SMARTS) is 1. The molecule has 4 heteroatoms. The second-order valence-electron chi connectivity index (χ2n) is 4.94. The summed E-state index contributed by atoms with van der Waals surface area (Å²) in [6.45, 7) is 6.53. The summed E-state index contributed by atoms with van der Waals surface area (Å²) in [5.74, 6) is 0.0408. The summed E-state index contributed by atoms with van der Waals surface area (Å²) in [6.07, 6.45) is 0.606. The Hall–Kier alpha value is -1.71. The van der Waals surface area contributed by atoms with Gasteiger partial charge in [0.05, 0.1) is 18.7 Å². The minimum atomic E-state index is -0.771. The fourth-order valence-electron chi connectivity index (χ4n) is 1.85. The maximum Gasteiger partial charge on any atom is 0.308 e. The van der Waals surface area contributed by atoms with E-state index in [1.54, 1.807) is 7.11 Å². The molecule has 0 aromatic heterocycles. The van der Waals surface area contributed by atoms with Crippen LogP contribution in [0.25, 0.3) is 0 Å². The Labute approximate surface area is 114 Å². The summed E-state index contributed by atoms with van der Waals surface area (Å²) in [6, 6.07) is 5.98. The first kappa shape index (κ1) is 15.3. The quantitative estimate of drug-likeness (QED) is 0.794. The minimum Gasteiger partial charge on any atom is -0.495 e. The van der Waals surface area contributed by atoms with Crippen LogP contribution in [0.1, 0.15) is 38.7 Å². The third-order valence-corrected chi connectivity index (χ3v) is 3.27. The van der Waals surface area contributed by atoms with Gasteiger partial charge in [-0.25, -0.2) is 0 Å². The molecule has 1 rings (SSSR count). The van der Waals surface area contributed by atoms with Crippen LogP contribution < -0.4 is 10.1 Å². The van der Waals surface area contributed by atoms with Crippen molar-refractivity contribution in [3.63, 3.8) is 0 Å². The normalized spacial score (nSPS) is 12.3. The molecule has 0 spiro atoms. The van der Waals surface area contributed by atoms with Crippen molar-refractivity contribution in [2.75, 3.05) is 19.0 Å². The van der Waals surface area contributed by atoms with Gasteiger partial charge in [-0.2, -0.15) is 0 Å². The van der Waals surface area contributed by atoms with Gasteiger partial charge in [-0.1, -0.05) is 26.8 Å². The van der Waals surface area contributed by atoms with Gasteiger partial charge in [0.25, 0.3) is 0 Å². The monoisotopic (exact) mass is 265 g/mol. The first-order valence-electron chi connectivity index (χ1n) is 6.64. The zero-order valence-electron chi connectivity index (χ0n) is 12.1. The fraction of sp³-hybridized carbons (Fsp3) is 0.533. The number of hydrogen-bond donors (Lipinski definition) is 2. The van der Waals surface area contributed by atoms with Crippen molar-refractivity contribution in [3.8, 4) is 5.75 Å². The van der Waals surface area contributed by atoms with Gasteiger partial charge in [0.15, 0.2) is 0 Å². The zero-order chi connectivity index (χ0) is 14.4. The Morgan fingerprint density at radius 2 is 2.11 bits per heavy atom. The van der Waals surface area contributed by atoms with Gasteiger partial charge in [-0.3, -0.25) is 4.79 Å². The molecule has 1 atom stereocenters. The molecule has 1 aromatic rings. The summed E-state index contributed by atoms with van der Waals surface area (Å²) in [5, 5.41) is 12.2. The first-order chi connectivity index (χ1) is 8.99. The molecule has 19 heavy (non-hydrogen) atoms. The van der Waals surface area contributed by atoms with Gasteiger partial charge in [-0.05, 0) is 30.0 Å². The molecule has 0 aliphatic carbocycles. The van der Waals surface area contributed by atoms with Crippen LogP contribution in [0.15, 0.2) is 18.2 Å². The Bertz CT molecular complexity index is 429. The van der Waals surface area contributed by atoms with E-state index < -0.39 is 5.97 Å². The van der Waals surface area contributed by atoms with Crippen LogP contribution in [0.4, 0.5) is 5.69 Å². The maximum atomic E-state index is 11.0. The maximum absolute atomic E-state index is 11.0. The summed E-state index contributed by atoms with van der Waals surface area (Å²) in [7, 11) is 1.62. The number of benzene rings is 1. The number of aliphatic carboxylic acids is 1. The Morgan fingerprint density at radius 1 is 1.42 bits per heavy atom. The Balaban J connectivity index is 2.80. The third-order valence-electron chi connectivity index (χ3n) is 3.27. The summed E-state index contributed by atoms with van der Waals surface area (Å²) >= 11 is 0. The van der Waals surface area contributed by atoms with Crippen LogP contribution in [0.2, 0.25) is 0 Å². The molecule has 0 heterocycles. The highest BCUT2D eigenvalue weighted by molar-refractivity contribution is 5.71. The topological polar surface area (TPSA) is 58.6 Å². The molecule has 0 amide bonds. The van der Waals surface area contributed by atoms with Crippen molar-refractivity contribution in [1.29, 1.82) is 0 Å². The number of nitrogens with one attached hydrogen (secondary N) is 1. The average Bonchev–Trinajstić information content (AvgIpc) is 2.38. The van der Waals surface area contributed by atoms with E-state index in [0.717, 1.165) is 11.4 Å². The smallest absolute Gasteiger partial charge is 0.308 e. The standard InChI is InChI=1S/C15H23NO3/c1-5-11(15(17)18)9-16-13-7-6-12(10(2)3)8-14(13)19-4/h6-8,10-11,16H,5,9H2,1-4H3,(H,17,18). The van der Waals surface area contributed by atoms with Gasteiger partial charge in [-0.15, -0.1) is 0 Å². The fourth-order valence-corrected chi connectivity index (χ4v) is 1.85. The van der Waals surface area contributed by atoms with E-state index in [0.29, 0.717) is 18.9 Å². The molecule has 0 saturated carbocycles. The van der Waals surface area contributed by atoms with Crippen LogP contribution in [-0.4, -0.2) is 24.7 Å². The molecule has 0 saturated heterocycles. The SMILES string of the molecule is CCC(CNc1ccc(C(C)C)cc1OC)C(=O)O. The third kappa shape index (κ3) is 4.16. The average molecular weight is 265 g/mol. The Kier molecular flexibility index (Phi) is 5.67. The van der Waals surface area contributed by atoms with E-state index in [1.165, 1.54) is 5.56 Å². The van der Waals surface area contributed by atoms with Crippen molar-refractivity contribution < 1.29 is 14.6 Å². The predicted molar refractivity (Wildman–Crippen MR) is 77.0 cm³/mol. The van der Waals surface area contributed by atoms with Crippen molar-refractivity contribution in [2.45, 2.75) is 33.1 Å². The lowest BCUT2D eigenvalue weighted by atomic mass is 10.0. The summed E-state index contributed by atoms with van der Waals surface area (Å²) in [4.78, 5) is 11.0. The molecular formula is C15H23NO3. The number of hydrogen-bond acceptors (Lipinski definition) is 3. The lowest BCUT2D eigenvalue weighted by Crippen LogP contribution is -2.22. The Morgan fingerprint density at radius 3 is 2.58 bits per heavy atom. The minimum absolute atomic E-state index is 0.380. The number of carbonyl (C=O) groups is 1. The molecule has 1 unspecified atom stereocenters. The van der Waals surface area contributed by atoms with Gasteiger partial charge in [0.2, 0.25) is 0 Å². The zero-order valence-corrected chi connectivity index (χ0v) is 12.1. The molecule has 4 nitrogen and oxygen atoms in total. The van der Waals surface area contributed by atoms with Gasteiger partial charge < -0.3 is 15.2 Å². The number of carboxylic acids is 1. The number of methoxy groups -OCH3 is 1. The molecule has 0 radical (unpaired) electrons. The largest absolute Gasteiger partial charge is 0.495 e. The van der Waals surface area contributed by atoms with Crippen LogP contribution >= 0.6 is 0 Å². The highest BCUT2D eigenvalue weighted by Crippen LogP contribution is 2.29. The van der Waals surface area contributed by atoms with E-state index in [1.807, 2.05) is 25.1 Å². The van der Waals surface area contributed by atoms with Crippen LogP contribution in [0, 0.1) is 5.92 Å². The predicted octanol–water partition coefficient (Wildman–Crippen LogP) is 3.34. The highest BCUT2D eigenvalue weighted by atomic mass is 16.5. The molecule has 0 fully saturated rings. The van der Waals surface area contributed by atoms with E-state index in [9.17, 15) is 4.79 Å². The molecular weight excluding hydrogens is 242 g/mol. The van der Waals surface area contributed by atoms with Gasteiger partial charge in [0, 0.05) is 6.54 Å². The van der Waals surface area contributed by atoms with E-state index in [4.69, 9.17) is 9.84 Å². The van der Waals surface area contributed by atoms with Crippen molar-refractivity contribution in [1.82, 2.24) is 0 Å². The van der Waals surface area contributed by atoms with Crippen molar-refractivity contribution >= 4 is 11.7 Å². The number of ether oxygens (including phenoxy) is 1. The van der Waals surface area contributed by atoms with Crippen LogP contribution in [0.5, 0.6) is 5.75 Å². The molecule has 0 aliphatic rings. The van der Waals surface area contributed by atoms with Gasteiger partial charge >= 0.3 is 5.97 Å². The van der Waals surface area contributed by atoms with Crippen molar-refractivity contribution in [3.05, 3.63) is 23.8 Å². The number of anilines is 1. The van der Waals surface area contributed by atoms with Crippen LogP contribution in [0.3, 0.4) is 0 Å². The first-order valence-corrected chi connectivity index (χ1v) is 6.64. The lowest BCUT2D eigenvalue weighted by molar-refractivity contribution is -0.141. The molecule has 0 aliphatic heterocycles. The molecule has 1 aromatic carbocycles. The van der Waals surface area contributed by atoms with Crippen molar-refractivity contribution in [2.24, 2.45) is 5.92 Å². The number of rotatable bonds is 7. The lowest BCUT2D eigenvalue weighted by Gasteiger charge is -2.16. The molecule has 2 N–H and O–H groups in total.